The molecule has 0 heterocycles. The third-order valence-electron chi connectivity index (χ3n) is 1.20. The van der Waals surface area contributed by atoms with Crippen LogP contribution in [0.15, 0.2) is 0 Å². The summed E-state index contributed by atoms with van der Waals surface area (Å²) in [6, 6.07) is 0. The molecule has 0 unspecified atom stereocenters. The second-order valence-electron chi connectivity index (χ2n) is 2.19. The summed E-state index contributed by atoms with van der Waals surface area (Å²) in [4.78, 5) is 21.0. The van der Waals surface area contributed by atoms with Gasteiger partial charge in [-0.3, -0.25) is 9.59 Å². The fourth-order valence-electron chi connectivity index (χ4n) is 0.641. The van der Waals surface area contributed by atoms with Crippen molar-refractivity contribution in [1.82, 2.24) is 5.32 Å². The fraction of sp³-hybridized carbons (Fsp3) is 0.667. The summed E-state index contributed by atoms with van der Waals surface area (Å²) in [5.74, 6) is -0.919. The highest BCUT2D eigenvalue weighted by Crippen LogP contribution is 1.99. The molecule has 4 heteroatoms. The molecule has 0 aromatic carbocycles. The summed E-state index contributed by atoms with van der Waals surface area (Å²) in [6.07, 6.45) is 0.111. The second-order valence-corrected chi connectivity index (χ2v) is 2.19. The Morgan fingerprint density at radius 3 is 2.40 bits per heavy atom. The SMILES string of the molecule is CNC(=O)[C@@H](C)CC(N)=O. The van der Waals surface area contributed by atoms with Crippen molar-refractivity contribution in [3.05, 3.63) is 0 Å². The Morgan fingerprint density at radius 2 is 2.10 bits per heavy atom. The number of nitrogens with two attached hydrogens (primary N) is 1. The number of rotatable bonds is 3. The maximum Gasteiger partial charge on any atom is 0.223 e. The number of carbonyl (C=O) groups excluding carboxylic acids is 2. The third kappa shape index (κ3) is 3.06. The summed E-state index contributed by atoms with van der Waals surface area (Å²) in [6.45, 7) is 1.66. The lowest BCUT2D eigenvalue weighted by Gasteiger charge is -2.05. The van der Waals surface area contributed by atoms with Gasteiger partial charge in [-0.05, 0) is 0 Å². The Bertz CT molecular complexity index is 145. The van der Waals surface area contributed by atoms with Gasteiger partial charge in [0.25, 0.3) is 0 Å². The number of primary amides is 1. The van der Waals surface area contributed by atoms with Crippen molar-refractivity contribution in [1.29, 1.82) is 0 Å². The van der Waals surface area contributed by atoms with Crippen LogP contribution in [0, 0.1) is 5.92 Å². The van der Waals surface area contributed by atoms with E-state index in [2.05, 4.69) is 5.32 Å². The molecule has 0 aliphatic rings. The molecule has 0 spiro atoms. The van der Waals surface area contributed by atoms with Crippen molar-refractivity contribution >= 4 is 11.8 Å². The van der Waals surface area contributed by atoms with Gasteiger partial charge < -0.3 is 11.1 Å². The molecule has 0 radical (unpaired) electrons. The van der Waals surface area contributed by atoms with Crippen LogP contribution >= 0.6 is 0 Å². The van der Waals surface area contributed by atoms with E-state index >= 15 is 0 Å². The smallest absolute Gasteiger partial charge is 0.223 e. The van der Waals surface area contributed by atoms with Gasteiger partial charge in [0.05, 0.1) is 0 Å². The molecule has 0 aromatic rings. The lowest BCUT2D eigenvalue weighted by Crippen LogP contribution is -2.28. The van der Waals surface area contributed by atoms with Crippen LogP contribution in [-0.2, 0) is 9.59 Å². The number of amides is 2. The average molecular weight is 144 g/mol. The molecular formula is C6H12N2O2. The Labute approximate surface area is 59.8 Å². The Hall–Kier alpha value is -1.06. The molecule has 1 atom stereocenters. The summed E-state index contributed by atoms with van der Waals surface area (Å²) >= 11 is 0. The van der Waals surface area contributed by atoms with Crippen LogP contribution in [0.25, 0.3) is 0 Å². The normalized spacial score (nSPS) is 12.2. The van der Waals surface area contributed by atoms with Gasteiger partial charge in [0.2, 0.25) is 11.8 Å². The maximum atomic E-state index is 10.7. The highest BCUT2D eigenvalue weighted by molar-refractivity contribution is 5.84. The van der Waals surface area contributed by atoms with E-state index in [9.17, 15) is 9.59 Å². The molecule has 0 bridgehead atoms. The number of hydrogen-bond acceptors (Lipinski definition) is 2. The summed E-state index contributed by atoms with van der Waals surface area (Å²) in [7, 11) is 1.53. The van der Waals surface area contributed by atoms with E-state index in [1.165, 1.54) is 7.05 Å². The Morgan fingerprint density at radius 1 is 1.60 bits per heavy atom. The lowest BCUT2D eigenvalue weighted by atomic mass is 10.1. The monoisotopic (exact) mass is 144 g/mol. The van der Waals surface area contributed by atoms with Crippen LogP contribution in [0.3, 0.4) is 0 Å². The molecule has 0 rings (SSSR count). The van der Waals surface area contributed by atoms with Gasteiger partial charge in [-0.15, -0.1) is 0 Å². The summed E-state index contributed by atoms with van der Waals surface area (Å²) < 4.78 is 0. The lowest BCUT2D eigenvalue weighted by molar-refractivity contribution is -0.128. The Kier molecular flexibility index (Phi) is 3.46. The molecule has 0 aromatic heterocycles. The number of carbonyl (C=O) groups is 2. The molecule has 0 saturated heterocycles. The molecule has 2 amide bonds. The largest absolute Gasteiger partial charge is 0.370 e. The first-order valence-electron chi connectivity index (χ1n) is 3.07. The van der Waals surface area contributed by atoms with Crippen LogP contribution in [0.1, 0.15) is 13.3 Å². The quantitative estimate of drug-likeness (QED) is 0.546. The number of nitrogens with one attached hydrogen (secondary N) is 1. The molecule has 3 N–H and O–H groups in total. The van der Waals surface area contributed by atoms with Gasteiger partial charge >= 0.3 is 0 Å². The van der Waals surface area contributed by atoms with E-state index in [1.54, 1.807) is 6.92 Å². The van der Waals surface area contributed by atoms with Crippen LogP contribution in [-0.4, -0.2) is 18.9 Å². The van der Waals surface area contributed by atoms with E-state index in [0.29, 0.717) is 0 Å². The molecule has 0 saturated carbocycles. The predicted molar refractivity (Wildman–Crippen MR) is 37.0 cm³/mol. The molecular weight excluding hydrogens is 132 g/mol. The summed E-state index contributed by atoms with van der Waals surface area (Å²) in [5, 5.41) is 2.42. The van der Waals surface area contributed by atoms with Gasteiger partial charge in [-0.25, -0.2) is 0 Å². The second kappa shape index (κ2) is 3.87. The van der Waals surface area contributed by atoms with Crippen molar-refractivity contribution in [2.24, 2.45) is 11.7 Å². The van der Waals surface area contributed by atoms with E-state index < -0.39 is 5.91 Å². The maximum absolute atomic E-state index is 10.7. The average Bonchev–Trinajstić information content (AvgIpc) is 1.85. The van der Waals surface area contributed by atoms with E-state index in [1.807, 2.05) is 0 Å². The molecule has 0 aliphatic carbocycles. The minimum atomic E-state index is -0.448. The molecule has 10 heavy (non-hydrogen) atoms. The molecule has 4 nitrogen and oxygen atoms in total. The first-order chi connectivity index (χ1) is 4.57. The summed E-state index contributed by atoms with van der Waals surface area (Å²) in [5.41, 5.74) is 4.87. The van der Waals surface area contributed by atoms with E-state index in [-0.39, 0.29) is 18.2 Å². The molecule has 0 fully saturated rings. The number of hydrogen-bond donors (Lipinski definition) is 2. The van der Waals surface area contributed by atoms with Crippen molar-refractivity contribution in [3.8, 4) is 0 Å². The zero-order valence-electron chi connectivity index (χ0n) is 6.18. The molecule has 0 aliphatic heterocycles. The zero-order chi connectivity index (χ0) is 8.15. The predicted octanol–water partition coefficient (Wildman–Crippen LogP) is -0.756. The standard InChI is InChI=1S/C6H12N2O2/c1-4(3-5(7)9)6(10)8-2/h4H,3H2,1-2H3,(H2,7,9)(H,8,10)/t4-/m0/s1. The van der Waals surface area contributed by atoms with Gasteiger partial charge in [0.1, 0.15) is 0 Å². The first kappa shape index (κ1) is 8.94. The van der Waals surface area contributed by atoms with Crippen LogP contribution in [0.2, 0.25) is 0 Å². The minimum absolute atomic E-state index is 0.111. The van der Waals surface area contributed by atoms with Gasteiger partial charge in [-0.1, -0.05) is 6.92 Å². The van der Waals surface area contributed by atoms with Crippen LogP contribution < -0.4 is 11.1 Å². The van der Waals surface area contributed by atoms with Crippen molar-refractivity contribution in [2.75, 3.05) is 7.05 Å². The van der Waals surface area contributed by atoms with Gasteiger partial charge in [-0.2, -0.15) is 0 Å². The van der Waals surface area contributed by atoms with Crippen molar-refractivity contribution in [3.63, 3.8) is 0 Å². The minimum Gasteiger partial charge on any atom is -0.370 e. The highest BCUT2D eigenvalue weighted by atomic mass is 16.2. The van der Waals surface area contributed by atoms with Crippen LogP contribution in [0.4, 0.5) is 0 Å². The fourth-order valence-corrected chi connectivity index (χ4v) is 0.641. The topological polar surface area (TPSA) is 72.2 Å². The van der Waals surface area contributed by atoms with Gasteiger partial charge in [0.15, 0.2) is 0 Å². The van der Waals surface area contributed by atoms with Crippen molar-refractivity contribution in [2.45, 2.75) is 13.3 Å². The Balaban J connectivity index is 3.72. The molecule has 58 valence electrons. The highest BCUT2D eigenvalue weighted by Gasteiger charge is 2.12. The van der Waals surface area contributed by atoms with Gasteiger partial charge in [0, 0.05) is 19.4 Å². The van der Waals surface area contributed by atoms with Crippen molar-refractivity contribution < 1.29 is 9.59 Å². The van der Waals surface area contributed by atoms with E-state index in [0.717, 1.165) is 0 Å². The third-order valence-corrected chi connectivity index (χ3v) is 1.20. The first-order valence-corrected chi connectivity index (χ1v) is 3.07. The van der Waals surface area contributed by atoms with E-state index in [4.69, 9.17) is 5.73 Å². The zero-order valence-corrected chi connectivity index (χ0v) is 6.18. The van der Waals surface area contributed by atoms with Crippen LogP contribution in [0.5, 0.6) is 0 Å².